The number of nitrogens with one attached hydrogen (secondary N) is 1. The minimum atomic E-state index is -4.40. The molecule has 0 bridgehead atoms. The molecule has 1 aliphatic rings. The molecule has 2 aromatic rings. The molecule has 0 saturated carbocycles. The number of amides is 2. The number of carbonyl (C=O) groups excluding carboxylic acids is 2. The summed E-state index contributed by atoms with van der Waals surface area (Å²) in [7, 11) is 0. The van der Waals surface area contributed by atoms with Crippen LogP contribution in [0.25, 0.3) is 6.08 Å². The van der Waals surface area contributed by atoms with Gasteiger partial charge in [0.25, 0.3) is 5.91 Å². The number of rotatable bonds is 3. The van der Waals surface area contributed by atoms with Crippen LogP contribution in [0.4, 0.5) is 13.2 Å². The first kappa shape index (κ1) is 20.4. The fraction of sp³-hybridized carbons (Fsp3) is 0.250. The van der Waals surface area contributed by atoms with Crippen LogP contribution >= 0.6 is 0 Å². The van der Waals surface area contributed by atoms with Crippen molar-refractivity contribution >= 4 is 17.9 Å². The molecular weight excluding hydrogens is 387 g/mol. The summed E-state index contributed by atoms with van der Waals surface area (Å²) in [6, 6.07) is 7.25. The van der Waals surface area contributed by atoms with Crippen LogP contribution in [0.5, 0.6) is 0 Å². The Hall–Kier alpha value is -3.36. The largest absolute Gasteiger partial charge is 0.416 e. The SMILES string of the molecule is O=C(C=Cc1ccc(C(F)(F)F)cc1)N1CCN(C(=O)c2ccc(=O)[nH]c2)CC1. The Balaban J connectivity index is 1.54. The zero-order chi connectivity index (χ0) is 21.0. The Morgan fingerprint density at radius 1 is 0.931 bits per heavy atom. The average molecular weight is 405 g/mol. The lowest BCUT2D eigenvalue weighted by Gasteiger charge is -2.34. The molecule has 1 fully saturated rings. The third-order valence-corrected chi connectivity index (χ3v) is 4.57. The van der Waals surface area contributed by atoms with Gasteiger partial charge in [-0.2, -0.15) is 13.2 Å². The van der Waals surface area contributed by atoms with Crippen LogP contribution in [0.15, 0.2) is 53.5 Å². The first-order valence-electron chi connectivity index (χ1n) is 8.86. The van der Waals surface area contributed by atoms with E-state index in [1.165, 1.54) is 42.6 Å². The van der Waals surface area contributed by atoms with E-state index < -0.39 is 11.7 Å². The maximum absolute atomic E-state index is 12.6. The summed E-state index contributed by atoms with van der Waals surface area (Å²) >= 11 is 0. The summed E-state index contributed by atoms with van der Waals surface area (Å²) < 4.78 is 37.7. The van der Waals surface area contributed by atoms with E-state index in [9.17, 15) is 27.6 Å². The quantitative estimate of drug-likeness (QED) is 0.797. The van der Waals surface area contributed by atoms with Crippen molar-refractivity contribution in [2.24, 2.45) is 0 Å². The molecule has 0 unspecified atom stereocenters. The van der Waals surface area contributed by atoms with Gasteiger partial charge in [-0.1, -0.05) is 12.1 Å². The number of hydrogen-bond donors (Lipinski definition) is 1. The highest BCUT2D eigenvalue weighted by atomic mass is 19.4. The third-order valence-electron chi connectivity index (χ3n) is 4.57. The summed E-state index contributed by atoms with van der Waals surface area (Å²) in [5.41, 5.74) is -0.189. The molecule has 0 atom stereocenters. The number of piperazine rings is 1. The van der Waals surface area contributed by atoms with Crippen molar-refractivity contribution in [3.05, 3.63) is 75.7 Å². The van der Waals surface area contributed by atoms with Crippen LogP contribution < -0.4 is 5.56 Å². The number of aromatic amines is 1. The fourth-order valence-corrected chi connectivity index (χ4v) is 2.91. The molecule has 29 heavy (non-hydrogen) atoms. The highest BCUT2D eigenvalue weighted by Gasteiger charge is 2.29. The Morgan fingerprint density at radius 3 is 2.10 bits per heavy atom. The lowest BCUT2D eigenvalue weighted by molar-refractivity contribution is -0.137. The van der Waals surface area contributed by atoms with Crippen molar-refractivity contribution < 1.29 is 22.8 Å². The van der Waals surface area contributed by atoms with Crippen molar-refractivity contribution in [3.63, 3.8) is 0 Å². The van der Waals surface area contributed by atoms with E-state index in [0.29, 0.717) is 37.3 Å². The predicted octanol–water partition coefficient (Wildman–Crippen LogP) is 2.39. The monoisotopic (exact) mass is 405 g/mol. The molecule has 1 aliphatic heterocycles. The second-order valence-corrected chi connectivity index (χ2v) is 6.51. The van der Waals surface area contributed by atoms with Gasteiger partial charge in [0.05, 0.1) is 11.1 Å². The molecule has 152 valence electrons. The number of nitrogens with zero attached hydrogens (tertiary/aromatic N) is 2. The molecular formula is C20H18F3N3O3. The molecule has 3 rings (SSSR count). The molecule has 2 heterocycles. The first-order chi connectivity index (χ1) is 13.7. The highest BCUT2D eigenvalue weighted by molar-refractivity contribution is 5.94. The Morgan fingerprint density at radius 2 is 1.55 bits per heavy atom. The molecule has 9 heteroatoms. The number of H-pyrrole nitrogens is 1. The average Bonchev–Trinajstić information content (AvgIpc) is 2.72. The van der Waals surface area contributed by atoms with Gasteiger partial charge in [-0.25, -0.2) is 0 Å². The minimum Gasteiger partial charge on any atom is -0.336 e. The first-order valence-corrected chi connectivity index (χ1v) is 8.86. The maximum atomic E-state index is 12.6. The molecule has 0 aliphatic carbocycles. The van der Waals surface area contributed by atoms with Crippen molar-refractivity contribution in [3.8, 4) is 0 Å². The zero-order valence-electron chi connectivity index (χ0n) is 15.3. The number of aromatic nitrogens is 1. The molecule has 1 saturated heterocycles. The standard InChI is InChI=1S/C20H18F3N3O3/c21-20(22,23)16-5-1-14(2-6-16)3-8-18(28)25-9-11-26(12-10-25)19(29)15-4-7-17(27)24-13-15/h1-8,13H,9-12H2,(H,24,27). The van der Waals surface area contributed by atoms with Gasteiger partial charge in [-0.15, -0.1) is 0 Å². The number of alkyl halides is 3. The van der Waals surface area contributed by atoms with Crippen molar-refractivity contribution in [1.29, 1.82) is 0 Å². The Bertz CT molecular complexity index is 952. The van der Waals surface area contributed by atoms with Crippen LogP contribution in [-0.2, 0) is 11.0 Å². The van der Waals surface area contributed by atoms with Gasteiger partial charge >= 0.3 is 6.18 Å². The summed E-state index contributed by atoms with van der Waals surface area (Å²) in [6.45, 7) is 1.37. The van der Waals surface area contributed by atoms with Crippen LogP contribution in [0.3, 0.4) is 0 Å². The minimum absolute atomic E-state index is 0.228. The summed E-state index contributed by atoms with van der Waals surface area (Å²) in [4.78, 5) is 41.4. The van der Waals surface area contributed by atoms with Crippen LogP contribution in [0.2, 0.25) is 0 Å². The Kier molecular flexibility index (Phi) is 5.86. The van der Waals surface area contributed by atoms with Gasteiger partial charge in [0.2, 0.25) is 11.5 Å². The molecule has 2 amide bonds. The zero-order valence-corrected chi connectivity index (χ0v) is 15.3. The van der Waals surface area contributed by atoms with Crippen LogP contribution in [0, 0.1) is 0 Å². The Labute approximate surface area is 164 Å². The van der Waals surface area contributed by atoms with Gasteiger partial charge in [-0.05, 0) is 29.8 Å². The van der Waals surface area contributed by atoms with Gasteiger partial charge in [0.15, 0.2) is 0 Å². The number of halogens is 3. The molecule has 6 nitrogen and oxygen atoms in total. The van der Waals surface area contributed by atoms with Crippen molar-refractivity contribution in [1.82, 2.24) is 14.8 Å². The van der Waals surface area contributed by atoms with E-state index in [0.717, 1.165) is 12.1 Å². The smallest absolute Gasteiger partial charge is 0.336 e. The maximum Gasteiger partial charge on any atom is 0.416 e. The van der Waals surface area contributed by atoms with Gasteiger partial charge in [0, 0.05) is 44.5 Å². The van der Waals surface area contributed by atoms with Crippen LogP contribution in [-0.4, -0.2) is 52.8 Å². The fourth-order valence-electron chi connectivity index (χ4n) is 2.91. The van der Waals surface area contributed by atoms with E-state index in [2.05, 4.69) is 4.98 Å². The summed E-state index contributed by atoms with van der Waals surface area (Å²) in [6.07, 6.45) is -0.276. The topological polar surface area (TPSA) is 73.5 Å². The molecule has 1 N–H and O–H groups in total. The normalized spacial score (nSPS) is 15.0. The van der Waals surface area contributed by atoms with E-state index in [1.807, 2.05) is 0 Å². The van der Waals surface area contributed by atoms with Crippen molar-refractivity contribution in [2.45, 2.75) is 6.18 Å². The van der Waals surface area contributed by atoms with E-state index in [-0.39, 0.29) is 17.4 Å². The van der Waals surface area contributed by atoms with Gasteiger partial charge < -0.3 is 14.8 Å². The third kappa shape index (κ3) is 5.13. The molecule has 0 radical (unpaired) electrons. The second-order valence-electron chi connectivity index (χ2n) is 6.51. The summed E-state index contributed by atoms with van der Waals surface area (Å²) in [5.74, 6) is -0.505. The van der Waals surface area contributed by atoms with Crippen molar-refractivity contribution in [2.75, 3.05) is 26.2 Å². The highest BCUT2D eigenvalue weighted by Crippen LogP contribution is 2.29. The van der Waals surface area contributed by atoms with Gasteiger partial charge in [-0.3, -0.25) is 14.4 Å². The summed E-state index contributed by atoms with van der Waals surface area (Å²) in [5, 5.41) is 0. The molecule has 0 spiro atoms. The van der Waals surface area contributed by atoms with E-state index >= 15 is 0 Å². The van der Waals surface area contributed by atoms with E-state index in [1.54, 1.807) is 9.80 Å². The molecule has 1 aromatic heterocycles. The van der Waals surface area contributed by atoms with E-state index in [4.69, 9.17) is 0 Å². The predicted molar refractivity (Wildman–Crippen MR) is 100 cm³/mol. The van der Waals surface area contributed by atoms with Crippen LogP contribution in [0.1, 0.15) is 21.5 Å². The lowest BCUT2D eigenvalue weighted by atomic mass is 10.1. The number of pyridine rings is 1. The van der Waals surface area contributed by atoms with Gasteiger partial charge in [0.1, 0.15) is 0 Å². The number of benzene rings is 1. The lowest BCUT2D eigenvalue weighted by Crippen LogP contribution is -2.50. The molecule has 1 aromatic carbocycles. The second kappa shape index (κ2) is 8.34. The number of hydrogen-bond acceptors (Lipinski definition) is 3. The number of carbonyl (C=O) groups is 2.